The largest absolute Gasteiger partial charge is 0.383 e. The zero-order valence-corrected chi connectivity index (χ0v) is 22.1. The minimum absolute atomic E-state index is 0.123. The van der Waals surface area contributed by atoms with E-state index in [1.54, 1.807) is 4.68 Å². The summed E-state index contributed by atoms with van der Waals surface area (Å²) in [5.41, 5.74) is 13.2. The number of aromatic nitrogens is 4. The van der Waals surface area contributed by atoms with Crippen molar-refractivity contribution < 1.29 is 13.2 Å². The standard InChI is InChI=1S/C27H29N7O3S/c1-17-30-24-6-5-22(14-25(24)31-17)34-27(28)23(15-29-34)26(35)21-12-19-4-3-18(11-20(19)13-21)16-32-7-9-33(10-8-32)38(2,36)37/h3-6,11,13-15H,7-10,12,16,28H2,1-2H3,(H,30,31). The molecule has 11 heteroatoms. The number of carbonyl (C=O) groups excluding carboxylic acids is 1. The van der Waals surface area contributed by atoms with Gasteiger partial charge in [-0.1, -0.05) is 18.2 Å². The maximum atomic E-state index is 13.4. The molecule has 38 heavy (non-hydrogen) atoms. The fourth-order valence-corrected chi connectivity index (χ4v) is 6.10. The van der Waals surface area contributed by atoms with Crippen LogP contribution in [0.15, 0.2) is 48.2 Å². The molecule has 1 aliphatic heterocycles. The summed E-state index contributed by atoms with van der Waals surface area (Å²) < 4.78 is 26.6. The van der Waals surface area contributed by atoms with Gasteiger partial charge in [-0.25, -0.2) is 18.1 Å². The van der Waals surface area contributed by atoms with Crippen LogP contribution in [0, 0.1) is 6.92 Å². The number of nitrogens with zero attached hydrogens (tertiary/aromatic N) is 5. The fraction of sp³-hybridized carbons (Fsp3) is 0.296. The molecule has 4 aromatic rings. The Hall–Kier alpha value is -3.80. The van der Waals surface area contributed by atoms with Crippen molar-refractivity contribution >= 4 is 38.7 Å². The van der Waals surface area contributed by atoms with Crippen LogP contribution in [0.3, 0.4) is 0 Å². The zero-order valence-electron chi connectivity index (χ0n) is 21.3. The number of benzene rings is 2. The van der Waals surface area contributed by atoms with Crippen molar-refractivity contribution in [3.05, 3.63) is 76.2 Å². The summed E-state index contributed by atoms with van der Waals surface area (Å²) in [5, 5.41) is 4.40. The Morgan fingerprint density at radius 1 is 1.11 bits per heavy atom. The van der Waals surface area contributed by atoms with E-state index in [9.17, 15) is 13.2 Å². The number of H-pyrrole nitrogens is 1. The summed E-state index contributed by atoms with van der Waals surface area (Å²) >= 11 is 0. The molecular weight excluding hydrogens is 502 g/mol. The molecule has 3 heterocycles. The highest BCUT2D eigenvalue weighted by atomic mass is 32.2. The van der Waals surface area contributed by atoms with E-state index in [0.717, 1.165) is 45.8 Å². The Bertz CT molecular complexity index is 1710. The molecule has 2 aromatic heterocycles. The molecule has 196 valence electrons. The number of nitrogen functional groups attached to an aromatic ring is 1. The number of Topliss-reactive ketones (excluding diaryl/α,β-unsaturated/α-hetero) is 1. The van der Waals surface area contributed by atoms with Gasteiger partial charge in [-0.3, -0.25) is 9.69 Å². The van der Waals surface area contributed by atoms with Gasteiger partial charge in [0.05, 0.1) is 34.7 Å². The molecule has 0 spiro atoms. The van der Waals surface area contributed by atoms with Gasteiger partial charge >= 0.3 is 0 Å². The van der Waals surface area contributed by atoms with E-state index < -0.39 is 10.0 Å². The number of sulfonamides is 1. The van der Waals surface area contributed by atoms with Crippen LogP contribution in [0.25, 0.3) is 22.8 Å². The number of allylic oxidation sites excluding steroid dienone is 1. The quantitative estimate of drug-likeness (QED) is 0.366. The first kappa shape index (κ1) is 24.5. The highest BCUT2D eigenvalue weighted by Crippen LogP contribution is 2.30. The van der Waals surface area contributed by atoms with Gasteiger partial charge < -0.3 is 10.7 Å². The first-order chi connectivity index (χ1) is 18.2. The molecule has 0 amide bonds. The Balaban J connectivity index is 1.17. The molecule has 10 nitrogen and oxygen atoms in total. The van der Waals surface area contributed by atoms with Crippen LogP contribution < -0.4 is 5.73 Å². The van der Waals surface area contributed by atoms with Crippen LogP contribution in [0.4, 0.5) is 5.82 Å². The number of ketones is 1. The van der Waals surface area contributed by atoms with Crippen molar-refractivity contribution in [2.24, 2.45) is 0 Å². The third-order valence-electron chi connectivity index (χ3n) is 7.30. The summed E-state index contributed by atoms with van der Waals surface area (Å²) in [6.07, 6.45) is 5.28. The van der Waals surface area contributed by atoms with Crippen molar-refractivity contribution in [1.29, 1.82) is 0 Å². The lowest BCUT2D eigenvalue weighted by Crippen LogP contribution is -2.47. The van der Waals surface area contributed by atoms with Crippen molar-refractivity contribution in [3.8, 4) is 5.69 Å². The van der Waals surface area contributed by atoms with Crippen LogP contribution >= 0.6 is 0 Å². The Kier molecular flexibility index (Phi) is 5.93. The molecule has 2 aromatic carbocycles. The lowest BCUT2D eigenvalue weighted by molar-refractivity contribution is 0.103. The SMILES string of the molecule is Cc1nc2ccc(-n3ncc(C(=O)C4=Cc5cc(CN6CCN(S(C)(=O)=O)CC6)ccc5C4)c3N)cc2[nH]1. The molecule has 2 aliphatic rings. The van der Waals surface area contributed by atoms with Crippen molar-refractivity contribution in [1.82, 2.24) is 29.0 Å². The monoisotopic (exact) mass is 531 g/mol. The number of piperazine rings is 1. The fourth-order valence-electron chi connectivity index (χ4n) is 5.27. The maximum Gasteiger partial charge on any atom is 0.211 e. The number of aryl methyl sites for hydroxylation is 1. The van der Waals surface area contributed by atoms with Crippen LogP contribution in [-0.2, 0) is 23.0 Å². The highest BCUT2D eigenvalue weighted by Gasteiger charge is 2.26. The summed E-state index contributed by atoms with van der Waals surface area (Å²) in [5.74, 6) is 1.00. The number of carbonyl (C=O) groups is 1. The molecule has 3 N–H and O–H groups in total. The smallest absolute Gasteiger partial charge is 0.211 e. The van der Waals surface area contributed by atoms with Crippen LogP contribution in [0.2, 0.25) is 0 Å². The Morgan fingerprint density at radius 3 is 2.66 bits per heavy atom. The van der Waals surface area contributed by atoms with Gasteiger partial charge in [0.25, 0.3) is 0 Å². The summed E-state index contributed by atoms with van der Waals surface area (Å²) in [6.45, 7) is 5.04. The summed E-state index contributed by atoms with van der Waals surface area (Å²) in [4.78, 5) is 23.3. The number of aromatic amines is 1. The first-order valence-electron chi connectivity index (χ1n) is 12.5. The number of hydrogen-bond donors (Lipinski definition) is 2. The number of hydrogen-bond acceptors (Lipinski definition) is 7. The number of anilines is 1. The lowest BCUT2D eigenvalue weighted by atomic mass is 10.0. The second kappa shape index (κ2) is 9.19. The minimum Gasteiger partial charge on any atom is -0.383 e. The minimum atomic E-state index is -3.14. The number of nitrogens with two attached hydrogens (primary N) is 1. The third-order valence-corrected chi connectivity index (χ3v) is 8.60. The zero-order chi connectivity index (χ0) is 26.6. The van der Waals surface area contributed by atoms with Crippen molar-refractivity contribution in [2.75, 3.05) is 38.2 Å². The molecule has 1 fully saturated rings. The van der Waals surface area contributed by atoms with Crippen molar-refractivity contribution in [2.45, 2.75) is 19.9 Å². The number of imidazole rings is 1. The van der Waals surface area contributed by atoms with Crippen LogP contribution in [-0.4, -0.2) is 75.6 Å². The van der Waals surface area contributed by atoms with Crippen molar-refractivity contribution in [3.63, 3.8) is 0 Å². The normalized spacial score (nSPS) is 16.6. The molecule has 0 atom stereocenters. The third kappa shape index (κ3) is 4.53. The van der Waals surface area contributed by atoms with Gasteiger partial charge in [0.2, 0.25) is 10.0 Å². The highest BCUT2D eigenvalue weighted by molar-refractivity contribution is 7.88. The van der Waals surface area contributed by atoms with E-state index in [1.165, 1.54) is 16.8 Å². The number of rotatable bonds is 6. The van der Waals surface area contributed by atoms with Gasteiger partial charge in [-0.15, -0.1) is 0 Å². The Labute approximate surface area is 220 Å². The van der Waals surface area contributed by atoms with Gasteiger partial charge in [0, 0.05) is 44.7 Å². The lowest BCUT2D eigenvalue weighted by Gasteiger charge is -2.33. The second-order valence-electron chi connectivity index (χ2n) is 10.0. The summed E-state index contributed by atoms with van der Waals surface area (Å²) in [7, 11) is -3.14. The predicted molar refractivity (Wildman–Crippen MR) is 147 cm³/mol. The van der Waals surface area contributed by atoms with E-state index in [4.69, 9.17) is 5.73 Å². The van der Waals surface area contributed by atoms with E-state index in [0.29, 0.717) is 49.6 Å². The molecule has 6 rings (SSSR count). The molecule has 1 aliphatic carbocycles. The predicted octanol–water partition coefficient (Wildman–Crippen LogP) is 2.54. The topological polar surface area (TPSA) is 130 Å². The average molecular weight is 532 g/mol. The van der Waals surface area contributed by atoms with Gasteiger partial charge in [-0.2, -0.15) is 9.40 Å². The molecule has 0 unspecified atom stereocenters. The first-order valence-corrected chi connectivity index (χ1v) is 14.4. The Morgan fingerprint density at radius 2 is 1.89 bits per heavy atom. The molecule has 0 bridgehead atoms. The number of nitrogens with one attached hydrogen (secondary N) is 1. The molecule has 0 radical (unpaired) electrons. The molecular formula is C27H29N7O3S. The van der Waals surface area contributed by atoms with E-state index in [2.05, 4.69) is 38.2 Å². The summed E-state index contributed by atoms with van der Waals surface area (Å²) in [6, 6.07) is 12.0. The molecule has 1 saturated heterocycles. The van der Waals surface area contributed by atoms with Gasteiger partial charge in [0.15, 0.2) is 5.78 Å². The second-order valence-corrected chi connectivity index (χ2v) is 12.0. The van der Waals surface area contributed by atoms with E-state index in [1.807, 2.05) is 31.2 Å². The number of fused-ring (bicyclic) bond motifs is 2. The average Bonchev–Trinajstić information content (AvgIpc) is 3.58. The molecule has 0 saturated carbocycles. The van der Waals surface area contributed by atoms with Crippen LogP contribution in [0.5, 0.6) is 0 Å². The van der Waals surface area contributed by atoms with Gasteiger partial charge in [-0.05, 0) is 47.9 Å². The van der Waals surface area contributed by atoms with Gasteiger partial charge in [0.1, 0.15) is 11.6 Å². The van der Waals surface area contributed by atoms with Crippen LogP contribution in [0.1, 0.15) is 32.9 Å². The van der Waals surface area contributed by atoms with E-state index in [-0.39, 0.29) is 5.78 Å². The van der Waals surface area contributed by atoms with E-state index >= 15 is 0 Å². The maximum absolute atomic E-state index is 13.4.